The number of dihydropyridines is 1. The summed E-state index contributed by atoms with van der Waals surface area (Å²) in [5, 5.41) is 20.4. The molecule has 0 aromatic carbocycles. The van der Waals surface area contributed by atoms with Gasteiger partial charge in [-0.3, -0.25) is 9.79 Å². The molecule has 37 heavy (non-hydrogen) atoms. The van der Waals surface area contributed by atoms with Gasteiger partial charge in [0.1, 0.15) is 12.4 Å². The fraction of sp³-hybridized carbons (Fsp3) is 0.519. The van der Waals surface area contributed by atoms with Gasteiger partial charge in [0.05, 0.1) is 49.0 Å². The molecule has 0 amide bonds. The number of nitrogens with zero attached hydrogens (tertiary/aromatic N) is 2. The Kier molecular flexibility index (Phi) is 5.46. The van der Waals surface area contributed by atoms with Crippen LogP contribution in [0.3, 0.4) is 0 Å². The number of esters is 1. The van der Waals surface area contributed by atoms with Gasteiger partial charge in [0, 0.05) is 28.4 Å². The number of carbonyl (C=O) groups excluding carboxylic acids is 1. The maximum atomic E-state index is 15.0. The van der Waals surface area contributed by atoms with Crippen molar-refractivity contribution in [3.8, 4) is 0 Å². The van der Waals surface area contributed by atoms with E-state index in [-0.39, 0.29) is 50.5 Å². The van der Waals surface area contributed by atoms with Gasteiger partial charge in [0.25, 0.3) is 5.56 Å². The fourth-order valence-corrected chi connectivity index (χ4v) is 6.72. The normalized spacial score (nSPS) is 31.8. The van der Waals surface area contributed by atoms with Gasteiger partial charge in [0.15, 0.2) is 11.4 Å². The van der Waals surface area contributed by atoms with E-state index in [1.165, 1.54) is 4.57 Å². The molecule has 8 nitrogen and oxygen atoms in total. The topological polar surface area (TPSA) is 110 Å². The average Bonchev–Trinajstić information content (AvgIpc) is 3.24. The van der Waals surface area contributed by atoms with E-state index in [0.29, 0.717) is 29.9 Å². The first-order valence-corrected chi connectivity index (χ1v) is 12.6. The zero-order valence-corrected chi connectivity index (χ0v) is 20.6. The predicted molar refractivity (Wildman–Crippen MR) is 128 cm³/mol. The molecule has 2 unspecified atom stereocenters. The molecule has 1 fully saturated rings. The van der Waals surface area contributed by atoms with E-state index in [9.17, 15) is 24.2 Å². The molecule has 0 spiro atoms. The molecule has 4 heterocycles. The lowest BCUT2D eigenvalue weighted by atomic mass is 9.58. The Bertz CT molecular complexity index is 1420. The van der Waals surface area contributed by atoms with Crippen molar-refractivity contribution in [2.75, 3.05) is 19.8 Å². The van der Waals surface area contributed by atoms with Gasteiger partial charge >= 0.3 is 5.97 Å². The third-order valence-corrected chi connectivity index (χ3v) is 8.63. The van der Waals surface area contributed by atoms with Crippen molar-refractivity contribution in [2.24, 2.45) is 22.2 Å². The SMILES string of the molecule is CC[C@@]1(O)C(=O)OCc2c1cc1n(c2=O)CC2=C3C4C(=CC(F)=C(F)C4CC[C@]3(C)COCCO)N=C21. The highest BCUT2D eigenvalue weighted by molar-refractivity contribution is 6.15. The predicted octanol–water partition coefficient (Wildman–Crippen LogP) is 2.71. The van der Waals surface area contributed by atoms with Crippen molar-refractivity contribution in [1.82, 2.24) is 4.57 Å². The molecular weight excluding hydrogens is 486 g/mol. The van der Waals surface area contributed by atoms with Crippen LogP contribution in [0.1, 0.15) is 49.9 Å². The monoisotopic (exact) mass is 514 g/mol. The van der Waals surface area contributed by atoms with Crippen LogP contribution in [0, 0.1) is 17.3 Å². The molecule has 1 saturated carbocycles. The van der Waals surface area contributed by atoms with Crippen LogP contribution in [0.5, 0.6) is 0 Å². The number of aliphatic hydroxyl groups is 2. The molecule has 2 aliphatic carbocycles. The van der Waals surface area contributed by atoms with Gasteiger partial charge in [-0.1, -0.05) is 13.8 Å². The highest BCUT2D eigenvalue weighted by Gasteiger charge is 2.53. The first-order chi connectivity index (χ1) is 17.6. The zero-order valence-electron chi connectivity index (χ0n) is 20.6. The van der Waals surface area contributed by atoms with Gasteiger partial charge in [-0.15, -0.1) is 0 Å². The number of halogens is 2. The molecule has 6 rings (SSSR count). The lowest BCUT2D eigenvalue weighted by Gasteiger charge is -2.48. The standard InChI is InChI=1S/C27H28F2N2O6/c1-3-27(35)16-8-19-23-14(10-31(19)24(33)15(16)11-37-25(27)34)21-20-13(22(29)17(28)9-18(20)30-23)4-5-26(21,2)12-36-7-6-32/h8-9,13,20,32,35H,3-7,10-12H2,1-2H3/t13?,20?,26-,27+/m1/s1. The number of allylic oxidation sites excluding steroid dienone is 5. The Morgan fingerprint density at radius 1 is 1.32 bits per heavy atom. The van der Waals surface area contributed by atoms with Gasteiger partial charge in [-0.2, -0.15) is 0 Å². The second-order valence-corrected chi connectivity index (χ2v) is 10.7. The van der Waals surface area contributed by atoms with E-state index in [1.54, 1.807) is 13.0 Å². The van der Waals surface area contributed by atoms with Crippen molar-refractivity contribution in [3.05, 3.63) is 67.8 Å². The quantitative estimate of drug-likeness (QED) is 0.462. The van der Waals surface area contributed by atoms with Crippen molar-refractivity contribution >= 4 is 11.7 Å². The van der Waals surface area contributed by atoms with Crippen LogP contribution >= 0.6 is 0 Å². The molecule has 4 atom stereocenters. The Hall–Kier alpha value is -2.95. The first-order valence-electron chi connectivity index (χ1n) is 12.6. The second-order valence-electron chi connectivity index (χ2n) is 10.7. The number of aromatic nitrogens is 1. The average molecular weight is 515 g/mol. The van der Waals surface area contributed by atoms with Crippen molar-refractivity contribution in [2.45, 2.75) is 51.9 Å². The fourth-order valence-electron chi connectivity index (χ4n) is 6.72. The van der Waals surface area contributed by atoms with Crippen LogP contribution in [-0.4, -0.2) is 46.3 Å². The number of fused-ring (bicyclic) bond motifs is 4. The van der Waals surface area contributed by atoms with E-state index in [4.69, 9.17) is 14.5 Å². The molecular formula is C27H28F2N2O6. The van der Waals surface area contributed by atoms with E-state index >= 15 is 4.39 Å². The Balaban J connectivity index is 1.58. The summed E-state index contributed by atoms with van der Waals surface area (Å²) < 4.78 is 42.1. The molecule has 2 N–H and O–H groups in total. The Morgan fingerprint density at radius 2 is 2.11 bits per heavy atom. The minimum atomic E-state index is -1.96. The number of hydrogen-bond acceptors (Lipinski definition) is 7. The number of aliphatic imine (C=N–C) groups is 1. The largest absolute Gasteiger partial charge is 0.458 e. The highest BCUT2D eigenvalue weighted by Crippen LogP contribution is 2.58. The third kappa shape index (κ3) is 3.25. The number of rotatable bonds is 5. The molecule has 196 valence electrons. The molecule has 0 radical (unpaired) electrons. The summed E-state index contributed by atoms with van der Waals surface area (Å²) in [6.07, 6.45) is 2.08. The molecule has 1 aromatic heterocycles. The third-order valence-electron chi connectivity index (χ3n) is 8.63. The molecule has 0 bridgehead atoms. The van der Waals surface area contributed by atoms with Crippen LogP contribution in [0.25, 0.3) is 0 Å². The molecule has 1 aromatic rings. The van der Waals surface area contributed by atoms with Crippen molar-refractivity contribution in [3.63, 3.8) is 0 Å². The number of cyclic esters (lactones) is 1. The van der Waals surface area contributed by atoms with Crippen LogP contribution in [0.4, 0.5) is 8.78 Å². The van der Waals surface area contributed by atoms with E-state index in [0.717, 1.165) is 17.2 Å². The molecule has 0 saturated heterocycles. The zero-order chi connectivity index (χ0) is 26.3. The smallest absolute Gasteiger partial charge is 0.343 e. The molecule has 10 heteroatoms. The van der Waals surface area contributed by atoms with E-state index in [2.05, 4.69) is 0 Å². The summed E-state index contributed by atoms with van der Waals surface area (Å²) >= 11 is 0. The lowest BCUT2D eigenvalue weighted by Crippen LogP contribution is -2.44. The summed E-state index contributed by atoms with van der Waals surface area (Å²) in [6, 6.07) is 1.61. The van der Waals surface area contributed by atoms with Crippen LogP contribution in [0.15, 0.2) is 50.4 Å². The minimum absolute atomic E-state index is 0.0204. The molecule has 5 aliphatic rings. The highest BCUT2D eigenvalue weighted by atomic mass is 19.2. The van der Waals surface area contributed by atoms with Crippen molar-refractivity contribution in [1.29, 1.82) is 0 Å². The van der Waals surface area contributed by atoms with Gasteiger partial charge in [0.2, 0.25) is 0 Å². The Labute approximate surface area is 211 Å². The van der Waals surface area contributed by atoms with Crippen LogP contribution < -0.4 is 5.56 Å². The van der Waals surface area contributed by atoms with Crippen LogP contribution in [-0.2, 0) is 33.0 Å². The number of carbonyl (C=O) groups is 1. The summed E-state index contributed by atoms with van der Waals surface area (Å²) in [6.45, 7) is 3.86. The first kappa shape index (κ1) is 24.4. The van der Waals surface area contributed by atoms with Crippen molar-refractivity contribution < 1.29 is 33.3 Å². The van der Waals surface area contributed by atoms with Gasteiger partial charge < -0.3 is 24.3 Å². The number of ether oxygens (including phenoxy) is 2. The number of hydrogen-bond donors (Lipinski definition) is 2. The number of aliphatic hydroxyl groups excluding tert-OH is 1. The molecule has 3 aliphatic heterocycles. The maximum Gasteiger partial charge on any atom is 0.343 e. The van der Waals surface area contributed by atoms with Gasteiger partial charge in [-0.25, -0.2) is 13.6 Å². The van der Waals surface area contributed by atoms with Crippen LogP contribution in [0.2, 0.25) is 0 Å². The summed E-state index contributed by atoms with van der Waals surface area (Å²) in [5.74, 6) is -3.71. The van der Waals surface area contributed by atoms with Gasteiger partial charge in [-0.05, 0) is 37.0 Å². The summed E-state index contributed by atoms with van der Waals surface area (Å²) in [7, 11) is 0. The summed E-state index contributed by atoms with van der Waals surface area (Å²) in [5.41, 5.74) is 0.373. The van der Waals surface area contributed by atoms with E-state index < -0.39 is 46.0 Å². The van der Waals surface area contributed by atoms with E-state index in [1.807, 2.05) is 6.92 Å². The summed E-state index contributed by atoms with van der Waals surface area (Å²) in [4.78, 5) is 30.8. The second kappa shape index (κ2) is 8.28. The minimum Gasteiger partial charge on any atom is -0.458 e. The number of pyridine rings is 1. The lowest BCUT2D eigenvalue weighted by molar-refractivity contribution is -0.172. The maximum absolute atomic E-state index is 15.0. The Morgan fingerprint density at radius 3 is 2.84 bits per heavy atom.